The summed E-state index contributed by atoms with van der Waals surface area (Å²) in [6.45, 7) is 0.597. The SMILES string of the molecule is OCCC(=S)OCCOC(=S)CCO. The molecule has 0 unspecified atom stereocenters. The average molecular weight is 238 g/mol. The Labute approximate surface area is 93.8 Å². The minimum atomic E-state index is -0.0113. The zero-order valence-corrected chi connectivity index (χ0v) is 9.40. The van der Waals surface area contributed by atoms with Crippen LogP contribution in [0.25, 0.3) is 0 Å². The van der Waals surface area contributed by atoms with E-state index in [1.54, 1.807) is 0 Å². The Balaban J connectivity index is 3.28. The minimum Gasteiger partial charge on any atom is -0.483 e. The largest absolute Gasteiger partial charge is 0.483 e. The molecule has 0 radical (unpaired) electrons. The lowest BCUT2D eigenvalue weighted by Crippen LogP contribution is -2.13. The first-order chi connectivity index (χ1) is 6.70. The Morgan fingerprint density at radius 2 is 1.21 bits per heavy atom. The molecule has 6 heteroatoms. The second-order valence-electron chi connectivity index (χ2n) is 2.39. The predicted octanol–water partition coefficient (Wildman–Crippen LogP) is 0.439. The topological polar surface area (TPSA) is 58.9 Å². The van der Waals surface area contributed by atoms with Gasteiger partial charge in [0, 0.05) is 12.8 Å². The van der Waals surface area contributed by atoms with Crippen LogP contribution in [0.15, 0.2) is 0 Å². The second-order valence-corrected chi connectivity index (χ2v) is 3.30. The normalized spacial score (nSPS) is 9.57. The first-order valence-corrected chi connectivity index (χ1v) is 5.05. The molecule has 0 saturated heterocycles. The van der Waals surface area contributed by atoms with Gasteiger partial charge in [0.05, 0.1) is 13.2 Å². The molecule has 2 N–H and O–H groups in total. The van der Waals surface area contributed by atoms with E-state index in [1.807, 2.05) is 0 Å². The lowest BCUT2D eigenvalue weighted by molar-refractivity contribution is 0.193. The van der Waals surface area contributed by atoms with E-state index in [1.165, 1.54) is 0 Å². The van der Waals surface area contributed by atoms with Gasteiger partial charge in [-0.2, -0.15) is 0 Å². The molecule has 0 bridgehead atoms. The van der Waals surface area contributed by atoms with Crippen molar-refractivity contribution in [2.24, 2.45) is 0 Å². The summed E-state index contributed by atoms with van der Waals surface area (Å²) in [4.78, 5) is 0. The van der Waals surface area contributed by atoms with E-state index in [9.17, 15) is 0 Å². The standard InChI is InChI=1S/C8H14O4S2/c9-3-1-7(13)11-5-6-12-8(14)2-4-10/h9-10H,1-6H2. The van der Waals surface area contributed by atoms with Gasteiger partial charge in [-0.15, -0.1) is 0 Å². The minimum absolute atomic E-state index is 0.0113. The van der Waals surface area contributed by atoms with Gasteiger partial charge in [0.1, 0.15) is 13.2 Å². The van der Waals surface area contributed by atoms with Crippen molar-refractivity contribution in [3.8, 4) is 0 Å². The molecule has 82 valence electrons. The van der Waals surface area contributed by atoms with E-state index in [0.29, 0.717) is 36.2 Å². The van der Waals surface area contributed by atoms with Gasteiger partial charge >= 0.3 is 0 Å². The van der Waals surface area contributed by atoms with E-state index in [0.717, 1.165) is 0 Å². The molecule has 0 rings (SSSR count). The van der Waals surface area contributed by atoms with Crippen LogP contribution in [0.2, 0.25) is 0 Å². The lowest BCUT2D eigenvalue weighted by atomic mass is 10.5. The number of hydrogen-bond donors (Lipinski definition) is 2. The molecule has 4 nitrogen and oxygen atoms in total. The fraction of sp³-hybridized carbons (Fsp3) is 0.750. The summed E-state index contributed by atoms with van der Waals surface area (Å²) < 4.78 is 10.1. The molecule has 0 heterocycles. The van der Waals surface area contributed by atoms with Gasteiger partial charge in [0.15, 0.2) is 10.1 Å². The van der Waals surface area contributed by atoms with E-state index < -0.39 is 0 Å². The zero-order valence-electron chi connectivity index (χ0n) is 7.77. The number of ether oxygens (including phenoxy) is 2. The van der Waals surface area contributed by atoms with Crippen molar-refractivity contribution in [1.29, 1.82) is 0 Å². The highest BCUT2D eigenvalue weighted by Gasteiger charge is 1.98. The van der Waals surface area contributed by atoms with Crippen LogP contribution in [-0.4, -0.2) is 46.7 Å². The number of rotatable bonds is 7. The molecule has 0 aliphatic heterocycles. The third-order valence-corrected chi connectivity index (χ3v) is 1.89. The van der Waals surface area contributed by atoms with Crippen LogP contribution in [0.5, 0.6) is 0 Å². The zero-order chi connectivity index (χ0) is 10.8. The molecule has 0 amide bonds. The van der Waals surface area contributed by atoms with Crippen molar-refractivity contribution in [2.75, 3.05) is 26.4 Å². The number of thiocarbonyl (C=S) groups is 2. The van der Waals surface area contributed by atoms with Crippen LogP contribution in [0.4, 0.5) is 0 Å². The van der Waals surface area contributed by atoms with Crippen molar-refractivity contribution in [3.05, 3.63) is 0 Å². The maximum atomic E-state index is 8.50. The molecular weight excluding hydrogens is 224 g/mol. The summed E-state index contributed by atoms with van der Waals surface area (Å²) in [6.07, 6.45) is 0.715. The molecular formula is C8H14O4S2. The van der Waals surface area contributed by atoms with Crippen molar-refractivity contribution in [3.63, 3.8) is 0 Å². The predicted molar refractivity (Wildman–Crippen MR) is 60.5 cm³/mol. The fourth-order valence-corrected chi connectivity index (χ4v) is 0.987. The van der Waals surface area contributed by atoms with Gasteiger partial charge in [0.2, 0.25) is 0 Å². The second kappa shape index (κ2) is 9.26. The molecule has 0 aliphatic rings. The first kappa shape index (κ1) is 13.7. The molecule has 14 heavy (non-hydrogen) atoms. The van der Waals surface area contributed by atoms with Crippen LogP contribution in [0.3, 0.4) is 0 Å². The summed E-state index contributed by atoms with van der Waals surface area (Å²) in [7, 11) is 0. The van der Waals surface area contributed by atoms with Crippen LogP contribution in [0.1, 0.15) is 12.8 Å². The lowest BCUT2D eigenvalue weighted by Gasteiger charge is -2.08. The molecule has 0 atom stereocenters. The molecule has 0 spiro atoms. The van der Waals surface area contributed by atoms with E-state index in [2.05, 4.69) is 0 Å². The van der Waals surface area contributed by atoms with Gasteiger partial charge < -0.3 is 19.7 Å². The molecule has 0 aromatic carbocycles. The van der Waals surface area contributed by atoms with Crippen molar-refractivity contribution < 1.29 is 19.7 Å². The molecule has 0 saturated carbocycles. The maximum absolute atomic E-state index is 8.50. The highest BCUT2D eigenvalue weighted by molar-refractivity contribution is 7.80. The Bertz CT molecular complexity index is 164. The van der Waals surface area contributed by atoms with Gasteiger partial charge in [-0.1, -0.05) is 0 Å². The molecule has 0 aliphatic carbocycles. The van der Waals surface area contributed by atoms with Gasteiger partial charge in [-0.25, -0.2) is 0 Å². The maximum Gasteiger partial charge on any atom is 0.162 e. The van der Waals surface area contributed by atoms with Crippen LogP contribution in [0, 0.1) is 0 Å². The first-order valence-electron chi connectivity index (χ1n) is 4.23. The Hall–Kier alpha value is -0.300. The third kappa shape index (κ3) is 8.31. The van der Waals surface area contributed by atoms with Crippen LogP contribution in [-0.2, 0) is 9.47 Å². The van der Waals surface area contributed by atoms with E-state index in [-0.39, 0.29) is 13.2 Å². The Morgan fingerprint density at radius 3 is 1.50 bits per heavy atom. The summed E-state index contributed by atoms with van der Waals surface area (Å²) in [5.41, 5.74) is 0. The Morgan fingerprint density at radius 1 is 0.857 bits per heavy atom. The van der Waals surface area contributed by atoms with Crippen molar-refractivity contribution in [2.45, 2.75) is 12.8 Å². The smallest absolute Gasteiger partial charge is 0.162 e. The quantitative estimate of drug-likeness (QED) is 0.496. The number of aliphatic hydroxyl groups excluding tert-OH is 2. The molecule has 0 fully saturated rings. The summed E-state index contributed by atoms with van der Waals surface area (Å²) in [5.74, 6) is 0. The van der Waals surface area contributed by atoms with E-state index >= 15 is 0 Å². The fourth-order valence-electron chi connectivity index (χ4n) is 0.638. The van der Waals surface area contributed by atoms with E-state index in [4.69, 9.17) is 44.1 Å². The Kier molecular flexibility index (Phi) is 9.06. The van der Waals surface area contributed by atoms with Gasteiger partial charge in [-0.3, -0.25) is 0 Å². The molecule has 0 aromatic rings. The highest BCUT2D eigenvalue weighted by atomic mass is 32.1. The number of hydrogen-bond acceptors (Lipinski definition) is 6. The van der Waals surface area contributed by atoms with Crippen LogP contribution < -0.4 is 0 Å². The van der Waals surface area contributed by atoms with Crippen molar-refractivity contribution in [1.82, 2.24) is 0 Å². The molecule has 0 aromatic heterocycles. The highest BCUT2D eigenvalue weighted by Crippen LogP contribution is 1.92. The third-order valence-electron chi connectivity index (χ3n) is 1.24. The monoisotopic (exact) mass is 238 g/mol. The van der Waals surface area contributed by atoms with Gasteiger partial charge in [-0.05, 0) is 24.4 Å². The van der Waals surface area contributed by atoms with Crippen molar-refractivity contribution >= 4 is 34.5 Å². The summed E-state index contributed by atoms with van der Waals surface area (Å²) in [5, 5.41) is 17.7. The summed E-state index contributed by atoms with van der Waals surface area (Å²) >= 11 is 9.55. The summed E-state index contributed by atoms with van der Waals surface area (Å²) in [6, 6.07) is 0. The van der Waals surface area contributed by atoms with Crippen LogP contribution >= 0.6 is 24.4 Å². The van der Waals surface area contributed by atoms with Gasteiger partial charge in [0.25, 0.3) is 0 Å². The average Bonchev–Trinajstić information content (AvgIpc) is 2.13. The number of aliphatic hydroxyl groups is 2.